The van der Waals surface area contributed by atoms with Crippen LogP contribution >= 0.6 is 11.3 Å². The molecule has 1 aliphatic carbocycles. The van der Waals surface area contributed by atoms with E-state index in [4.69, 9.17) is 9.72 Å². The third-order valence-corrected chi connectivity index (χ3v) is 7.43. The van der Waals surface area contributed by atoms with Crippen LogP contribution < -0.4 is 10.6 Å². The predicted molar refractivity (Wildman–Crippen MR) is 132 cm³/mol. The highest BCUT2D eigenvalue weighted by Crippen LogP contribution is 2.39. The van der Waals surface area contributed by atoms with Gasteiger partial charge >= 0.3 is 0 Å². The molecule has 1 saturated carbocycles. The summed E-state index contributed by atoms with van der Waals surface area (Å²) in [5.74, 6) is 0.405. The first-order valence-electron chi connectivity index (χ1n) is 11.3. The molecule has 0 amide bonds. The molecule has 184 valence electrons. The third kappa shape index (κ3) is 4.98. The first-order valence-corrected chi connectivity index (χ1v) is 12.1. The van der Waals surface area contributed by atoms with E-state index in [0.717, 1.165) is 20.9 Å². The lowest BCUT2D eigenvalue weighted by atomic mass is 9.88. The highest BCUT2D eigenvalue weighted by atomic mass is 32.1. The summed E-state index contributed by atoms with van der Waals surface area (Å²) in [7, 11) is 1.64. The van der Waals surface area contributed by atoms with Gasteiger partial charge in [-0.15, -0.1) is 11.3 Å². The Labute approximate surface area is 202 Å². The molecule has 11 heteroatoms. The second kappa shape index (κ2) is 9.67. The van der Waals surface area contributed by atoms with Gasteiger partial charge in [0.25, 0.3) is 0 Å². The Kier molecular flexibility index (Phi) is 7.02. The Morgan fingerprint density at radius 1 is 1.24 bits per heavy atom. The molecule has 3 aromatic rings. The van der Waals surface area contributed by atoms with Crippen LogP contribution in [-0.2, 0) is 4.74 Å². The van der Waals surface area contributed by atoms with Gasteiger partial charge in [0.2, 0.25) is 5.95 Å². The molecule has 3 heterocycles. The van der Waals surface area contributed by atoms with Crippen molar-refractivity contribution in [2.75, 3.05) is 24.3 Å². The number of nitrogens with zero attached hydrogens (tertiary/aromatic N) is 4. The minimum atomic E-state index is -1.13. The van der Waals surface area contributed by atoms with Gasteiger partial charge in [0, 0.05) is 32.0 Å². The normalized spacial score (nSPS) is 23.9. The van der Waals surface area contributed by atoms with E-state index in [1.54, 1.807) is 33.4 Å². The van der Waals surface area contributed by atoms with Crippen LogP contribution in [0.3, 0.4) is 0 Å². The van der Waals surface area contributed by atoms with Crippen molar-refractivity contribution in [1.82, 2.24) is 19.9 Å². The average Bonchev–Trinajstić information content (AvgIpc) is 3.35. The summed E-state index contributed by atoms with van der Waals surface area (Å²) in [5.41, 5.74) is 1.21. The molecular formula is C23H32N6O4S. The predicted octanol–water partition coefficient (Wildman–Crippen LogP) is 2.20. The Hall–Kier alpha value is -2.44. The molecule has 5 N–H and O–H groups in total. The lowest BCUT2D eigenvalue weighted by Gasteiger charge is -2.28. The fourth-order valence-electron chi connectivity index (χ4n) is 4.20. The minimum absolute atomic E-state index is 0.0289. The number of ether oxygens (including phenoxy) is 1. The summed E-state index contributed by atoms with van der Waals surface area (Å²) < 4.78 is 6.29. The Morgan fingerprint density at radius 2 is 2.00 bits per heavy atom. The zero-order valence-corrected chi connectivity index (χ0v) is 20.8. The van der Waals surface area contributed by atoms with Crippen molar-refractivity contribution < 1.29 is 20.1 Å². The minimum Gasteiger partial charge on any atom is -0.390 e. The van der Waals surface area contributed by atoms with E-state index in [1.807, 2.05) is 19.9 Å². The first kappa shape index (κ1) is 24.7. The second-order valence-electron chi connectivity index (χ2n) is 9.37. The highest BCUT2D eigenvalue weighted by molar-refractivity contribution is 7.21. The monoisotopic (exact) mass is 488 g/mol. The molecule has 0 spiro atoms. The number of aryl methyl sites for hydroxylation is 1. The number of hydrogen-bond donors (Lipinski definition) is 5. The molecule has 4 rings (SSSR count). The first-order chi connectivity index (χ1) is 16.1. The van der Waals surface area contributed by atoms with Crippen LogP contribution in [0.25, 0.3) is 20.8 Å². The van der Waals surface area contributed by atoms with Gasteiger partial charge < -0.3 is 30.7 Å². The van der Waals surface area contributed by atoms with Crippen molar-refractivity contribution in [3.63, 3.8) is 0 Å². The van der Waals surface area contributed by atoms with Crippen molar-refractivity contribution in [2.24, 2.45) is 5.92 Å². The molecule has 1 fully saturated rings. The quantitative estimate of drug-likeness (QED) is 0.320. The standard InChI is InChI=1S/C23H32N6O4S/c1-11(33-5)9-25-22-26-10-13(21-28-17-12(2)24-7-6-16(17)34-21)20(29-22)27-15-8-14(23(3,4)32)18(30)19(15)31/h6-7,10-11,14-15,18-19,30-32H,8-9H2,1-5H3,(H2,25,26,27,29). The van der Waals surface area contributed by atoms with Crippen LogP contribution in [0.1, 0.15) is 32.9 Å². The number of thiazole rings is 1. The molecule has 0 aliphatic heterocycles. The number of aromatic nitrogens is 4. The molecule has 0 radical (unpaired) electrons. The summed E-state index contributed by atoms with van der Waals surface area (Å²) in [6, 6.07) is 1.41. The lowest BCUT2D eigenvalue weighted by molar-refractivity contribution is -0.0601. The van der Waals surface area contributed by atoms with Gasteiger partial charge in [0.1, 0.15) is 22.4 Å². The fraction of sp³-hybridized carbons (Fsp3) is 0.565. The second-order valence-corrected chi connectivity index (χ2v) is 10.4. The zero-order chi connectivity index (χ0) is 24.6. The molecule has 0 aromatic carbocycles. The maximum absolute atomic E-state index is 10.7. The number of nitrogens with one attached hydrogen (secondary N) is 2. The van der Waals surface area contributed by atoms with Crippen LogP contribution in [-0.4, -0.2) is 78.9 Å². The van der Waals surface area contributed by atoms with Crippen molar-refractivity contribution in [3.8, 4) is 10.6 Å². The van der Waals surface area contributed by atoms with Gasteiger partial charge in [-0.1, -0.05) is 0 Å². The summed E-state index contributed by atoms with van der Waals surface area (Å²) in [6.45, 7) is 7.65. The SMILES string of the molecule is COC(C)CNc1ncc(-c2nc3c(C)nccc3s2)c(NC2CC(C(C)(C)O)C(O)C2O)n1. The summed E-state index contributed by atoms with van der Waals surface area (Å²) >= 11 is 1.51. The van der Waals surface area contributed by atoms with E-state index in [9.17, 15) is 15.3 Å². The summed E-state index contributed by atoms with van der Waals surface area (Å²) in [6.07, 6.45) is 1.68. The van der Waals surface area contributed by atoms with Gasteiger partial charge in [-0.2, -0.15) is 4.98 Å². The Balaban J connectivity index is 1.69. The van der Waals surface area contributed by atoms with Crippen molar-refractivity contribution in [2.45, 2.75) is 64.1 Å². The lowest BCUT2D eigenvalue weighted by Crippen LogP contribution is -2.40. The number of methoxy groups -OCH3 is 1. The molecule has 5 unspecified atom stereocenters. The van der Waals surface area contributed by atoms with Crippen molar-refractivity contribution >= 4 is 33.3 Å². The summed E-state index contributed by atoms with van der Waals surface area (Å²) in [5, 5.41) is 38.9. The Morgan fingerprint density at radius 3 is 2.65 bits per heavy atom. The van der Waals surface area contributed by atoms with E-state index in [2.05, 4.69) is 25.6 Å². The molecule has 10 nitrogen and oxygen atoms in total. The van der Waals surface area contributed by atoms with Gasteiger partial charge in [0.15, 0.2) is 0 Å². The molecule has 5 atom stereocenters. The number of pyridine rings is 1. The number of aliphatic hydroxyl groups excluding tert-OH is 2. The number of rotatable bonds is 8. The number of hydrogen-bond acceptors (Lipinski definition) is 11. The van der Waals surface area contributed by atoms with Crippen LogP contribution in [0.4, 0.5) is 11.8 Å². The van der Waals surface area contributed by atoms with Gasteiger partial charge in [-0.3, -0.25) is 4.98 Å². The molecule has 0 bridgehead atoms. The van der Waals surface area contributed by atoms with Gasteiger partial charge in [0.05, 0.1) is 39.8 Å². The van der Waals surface area contributed by atoms with E-state index in [1.165, 1.54) is 11.3 Å². The van der Waals surface area contributed by atoms with E-state index < -0.39 is 29.8 Å². The third-order valence-electron chi connectivity index (χ3n) is 6.37. The maximum Gasteiger partial charge on any atom is 0.224 e. The topological polar surface area (TPSA) is 146 Å². The van der Waals surface area contributed by atoms with Crippen LogP contribution in [0.2, 0.25) is 0 Å². The van der Waals surface area contributed by atoms with Gasteiger partial charge in [-0.25, -0.2) is 9.97 Å². The number of aliphatic hydroxyl groups is 3. The molecular weight excluding hydrogens is 456 g/mol. The molecule has 3 aromatic heterocycles. The fourth-order valence-corrected chi connectivity index (χ4v) is 5.23. The average molecular weight is 489 g/mol. The molecule has 0 saturated heterocycles. The Bertz CT molecular complexity index is 1150. The molecule has 1 aliphatic rings. The van der Waals surface area contributed by atoms with Crippen molar-refractivity contribution in [1.29, 1.82) is 0 Å². The summed E-state index contributed by atoms with van der Waals surface area (Å²) in [4.78, 5) is 18.2. The highest BCUT2D eigenvalue weighted by Gasteiger charge is 2.47. The van der Waals surface area contributed by atoms with E-state index >= 15 is 0 Å². The zero-order valence-electron chi connectivity index (χ0n) is 20.0. The largest absolute Gasteiger partial charge is 0.390 e. The maximum atomic E-state index is 10.7. The number of fused-ring (bicyclic) bond motifs is 1. The number of anilines is 2. The van der Waals surface area contributed by atoms with E-state index in [-0.39, 0.29) is 6.10 Å². The van der Waals surface area contributed by atoms with E-state index in [0.29, 0.717) is 30.3 Å². The van der Waals surface area contributed by atoms with Crippen molar-refractivity contribution in [3.05, 3.63) is 24.2 Å². The van der Waals surface area contributed by atoms with Crippen LogP contribution in [0.15, 0.2) is 18.5 Å². The smallest absolute Gasteiger partial charge is 0.224 e. The van der Waals surface area contributed by atoms with Crippen LogP contribution in [0.5, 0.6) is 0 Å². The van der Waals surface area contributed by atoms with Gasteiger partial charge in [-0.05, 0) is 40.2 Å². The van der Waals surface area contributed by atoms with Crippen LogP contribution in [0, 0.1) is 12.8 Å². The molecule has 34 heavy (non-hydrogen) atoms.